The molecule has 0 radical (unpaired) electrons. The van der Waals surface area contributed by atoms with Crippen LogP contribution in [0.3, 0.4) is 0 Å². The average Bonchev–Trinajstić information content (AvgIpc) is 2.20. The minimum Gasteiger partial charge on any atom is -0.391 e. The van der Waals surface area contributed by atoms with Crippen LogP contribution in [0.1, 0.15) is 32.6 Å². The van der Waals surface area contributed by atoms with Gasteiger partial charge in [0.15, 0.2) is 0 Å². The van der Waals surface area contributed by atoms with E-state index in [2.05, 4.69) is 11.8 Å². The fraction of sp³-hybridized carbons (Fsp3) is 1.00. The molecule has 1 aliphatic heterocycles. The molecule has 0 aromatic carbocycles. The van der Waals surface area contributed by atoms with Crippen molar-refractivity contribution in [2.45, 2.75) is 50.8 Å². The third-order valence-electron chi connectivity index (χ3n) is 3.54. The van der Waals surface area contributed by atoms with E-state index >= 15 is 0 Å². The van der Waals surface area contributed by atoms with Crippen LogP contribution in [0.15, 0.2) is 0 Å². The number of hydrogen-bond acceptors (Lipinski definition) is 3. The van der Waals surface area contributed by atoms with E-state index in [0.717, 1.165) is 32.6 Å². The fourth-order valence-corrected chi connectivity index (χ4v) is 2.71. The van der Waals surface area contributed by atoms with Crippen molar-refractivity contribution in [1.29, 1.82) is 0 Å². The highest BCUT2D eigenvalue weighted by molar-refractivity contribution is 4.86. The summed E-state index contributed by atoms with van der Waals surface area (Å²) in [5.41, 5.74) is 0. The van der Waals surface area contributed by atoms with Crippen LogP contribution in [0, 0.1) is 0 Å². The van der Waals surface area contributed by atoms with E-state index in [1.807, 2.05) is 0 Å². The van der Waals surface area contributed by atoms with E-state index in [1.54, 1.807) is 0 Å². The zero-order chi connectivity index (χ0) is 9.97. The highest BCUT2D eigenvalue weighted by atomic mass is 16.5. The van der Waals surface area contributed by atoms with Crippen LogP contribution in [0.2, 0.25) is 0 Å². The van der Waals surface area contributed by atoms with Crippen LogP contribution >= 0.6 is 0 Å². The Morgan fingerprint density at radius 2 is 2.07 bits per heavy atom. The highest BCUT2D eigenvalue weighted by Crippen LogP contribution is 2.25. The number of hydrogen-bond donors (Lipinski definition) is 1. The summed E-state index contributed by atoms with van der Waals surface area (Å²) in [6.45, 7) is 4.83. The lowest BCUT2D eigenvalue weighted by Crippen LogP contribution is -2.54. The predicted molar refractivity (Wildman–Crippen MR) is 55.2 cm³/mol. The van der Waals surface area contributed by atoms with Crippen LogP contribution < -0.4 is 0 Å². The Labute approximate surface area is 86.0 Å². The molecular weight excluding hydrogens is 178 g/mol. The molecule has 1 heterocycles. The van der Waals surface area contributed by atoms with Gasteiger partial charge in [-0.25, -0.2) is 0 Å². The maximum absolute atomic E-state index is 9.96. The standard InChI is InChI=1S/C11H21NO2/c1-9-8-14-7-6-12(9)10-4-2-3-5-11(10)13/h9-11,13H,2-8H2,1H3/t9?,10-,11-/m0/s1. The SMILES string of the molecule is CC1COCCN1[C@H]1CCCC[C@@H]1O. The van der Waals surface area contributed by atoms with Gasteiger partial charge < -0.3 is 9.84 Å². The van der Waals surface area contributed by atoms with E-state index in [9.17, 15) is 5.11 Å². The molecule has 1 N–H and O–H groups in total. The lowest BCUT2D eigenvalue weighted by atomic mass is 9.90. The molecule has 3 heteroatoms. The summed E-state index contributed by atoms with van der Waals surface area (Å²) >= 11 is 0. The summed E-state index contributed by atoms with van der Waals surface area (Å²) in [7, 11) is 0. The largest absolute Gasteiger partial charge is 0.391 e. The predicted octanol–water partition coefficient (Wildman–Crippen LogP) is 1.01. The van der Waals surface area contributed by atoms with Crippen LogP contribution in [-0.2, 0) is 4.74 Å². The van der Waals surface area contributed by atoms with Crippen LogP contribution in [0.25, 0.3) is 0 Å². The number of nitrogens with zero attached hydrogens (tertiary/aromatic N) is 1. The van der Waals surface area contributed by atoms with E-state index in [1.165, 1.54) is 12.8 Å². The summed E-state index contributed by atoms with van der Waals surface area (Å²) in [6.07, 6.45) is 4.49. The van der Waals surface area contributed by atoms with Gasteiger partial charge in [0.2, 0.25) is 0 Å². The monoisotopic (exact) mass is 199 g/mol. The topological polar surface area (TPSA) is 32.7 Å². The van der Waals surface area contributed by atoms with Crippen LogP contribution in [0.5, 0.6) is 0 Å². The second-order valence-electron chi connectivity index (χ2n) is 4.58. The minimum atomic E-state index is -0.107. The van der Waals surface area contributed by atoms with Crippen molar-refractivity contribution in [3.05, 3.63) is 0 Å². The van der Waals surface area contributed by atoms with Gasteiger partial charge in [-0.05, 0) is 19.8 Å². The molecule has 0 aromatic heterocycles. The molecule has 1 saturated carbocycles. The first-order valence-corrected chi connectivity index (χ1v) is 5.80. The van der Waals surface area contributed by atoms with Crippen LogP contribution in [0.4, 0.5) is 0 Å². The number of ether oxygens (including phenoxy) is 1. The van der Waals surface area contributed by atoms with Gasteiger partial charge in [-0.15, -0.1) is 0 Å². The molecule has 0 aromatic rings. The van der Waals surface area contributed by atoms with Gasteiger partial charge in [0.05, 0.1) is 19.3 Å². The summed E-state index contributed by atoms with van der Waals surface area (Å²) in [5, 5.41) is 9.96. The Morgan fingerprint density at radius 1 is 1.29 bits per heavy atom. The molecule has 1 aliphatic carbocycles. The van der Waals surface area contributed by atoms with Gasteiger partial charge in [-0.2, -0.15) is 0 Å². The minimum absolute atomic E-state index is 0.107. The van der Waals surface area contributed by atoms with Gasteiger partial charge in [0.1, 0.15) is 0 Å². The molecule has 0 amide bonds. The normalized spacial score (nSPS) is 41.1. The van der Waals surface area contributed by atoms with Crippen molar-refractivity contribution in [3.8, 4) is 0 Å². The number of rotatable bonds is 1. The molecule has 82 valence electrons. The Kier molecular flexibility index (Phi) is 3.42. The number of aliphatic hydroxyl groups is 1. The molecule has 2 fully saturated rings. The molecule has 14 heavy (non-hydrogen) atoms. The molecule has 1 saturated heterocycles. The van der Waals surface area contributed by atoms with Crippen LogP contribution in [-0.4, -0.2) is 48.0 Å². The first-order valence-electron chi connectivity index (χ1n) is 5.80. The Hall–Kier alpha value is -0.120. The van der Waals surface area contributed by atoms with Crippen molar-refractivity contribution < 1.29 is 9.84 Å². The molecule has 3 nitrogen and oxygen atoms in total. The van der Waals surface area contributed by atoms with E-state index < -0.39 is 0 Å². The summed E-state index contributed by atoms with van der Waals surface area (Å²) in [4.78, 5) is 2.44. The summed E-state index contributed by atoms with van der Waals surface area (Å²) in [5.74, 6) is 0. The van der Waals surface area contributed by atoms with Gasteiger partial charge in [0.25, 0.3) is 0 Å². The highest BCUT2D eigenvalue weighted by Gasteiger charge is 2.32. The quantitative estimate of drug-likeness (QED) is 0.684. The molecule has 2 rings (SSSR count). The number of morpholine rings is 1. The van der Waals surface area contributed by atoms with Crippen molar-refractivity contribution in [1.82, 2.24) is 4.90 Å². The van der Waals surface area contributed by atoms with Gasteiger partial charge >= 0.3 is 0 Å². The van der Waals surface area contributed by atoms with Gasteiger partial charge in [-0.1, -0.05) is 12.8 Å². The first-order chi connectivity index (χ1) is 6.79. The smallest absolute Gasteiger partial charge is 0.0695 e. The second-order valence-corrected chi connectivity index (χ2v) is 4.58. The molecule has 0 spiro atoms. The molecule has 1 unspecified atom stereocenters. The zero-order valence-electron chi connectivity index (χ0n) is 8.98. The second kappa shape index (κ2) is 4.60. The summed E-state index contributed by atoms with van der Waals surface area (Å²) < 4.78 is 5.41. The molecule has 2 aliphatic rings. The maximum Gasteiger partial charge on any atom is 0.0695 e. The Morgan fingerprint density at radius 3 is 2.79 bits per heavy atom. The first kappa shape index (κ1) is 10.4. The molecule has 3 atom stereocenters. The summed E-state index contributed by atoms with van der Waals surface area (Å²) in [6, 6.07) is 0.865. The van der Waals surface area contributed by atoms with Crippen molar-refractivity contribution in [2.24, 2.45) is 0 Å². The van der Waals surface area contributed by atoms with Gasteiger partial charge in [0, 0.05) is 18.6 Å². The lowest BCUT2D eigenvalue weighted by molar-refractivity contribution is -0.0647. The lowest BCUT2D eigenvalue weighted by Gasteiger charge is -2.43. The third-order valence-corrected chi connectivity index (χ3v) is 3.54. The zero-order valence-corrected chi connectivity index (χ0v) is 8.98. The van der Waals surface area contributed by atoms with E-state index in [4.69, 9.17) is 4.74 Å². The molecular formula is C11H21NO2. The Bertz CT molecular complexity index is 166. The number of aliphatic hydroxyl groups excluding tert-OH is 1. The van der Waals surface area contributed by atoms with Crippen molar-refractivity contribution >= 4 is 0 Å². The van der Waals surface area contributed by atoms with Crippen molar-refractivity contribution in [3.63, 3.8) is 0 Å². The third kappa shape index (κ3) is 2.10. The van der Waals surface area contributed by atoms with E-state index in [-0.39, 0.29) is 6.10 Å². The average molecular weight is 199 g/mol. The van der Waals surface area contributed by atoms with Crippen molar-refractivity contribution in [2.75, 3.05) is 19.8 Å². The Balaban J connectivity index is 1.96. The maximum atomic E-state index is 9.96. The fourth-order valence-electron chi connectivity index (χ4n) is 2.71. The van der Waals surface area contributed by atoms with E-state index in [0.29, 0.717) is 12.1 Å². The van der Waals surface area contributed by atoms with Gasteiger partial charge in [-0.3, -0.25) is 4.90 Å². The molecule has 0 bridgehead atoms.